The molecule has 0 saturated carbocycles. The molecular formula is C11H19N3O6. The highest BCUT2D eigenvalue weighted by molar-refractivity contribution is 5.83. The topological polar surface area (TPSA) is 131 Å². The second-order valence-corrected chi connectivity index (χ2v) is 4.35. The number of primary amides is 1. The molecule has 9 heteroatoms. The van der Waals surface area contributed by atoms with Gasteiger partial charge in [-0.25, -0.2) is 9.59 Å². The van der Waals surface area contributed by atoms with E-state index in [4.69, 9.17) is 20.3 Å². The Balaban J connectivity index is 2.37. The molecule has 0 aromatic heterocycles. The first-order valence-electron chi connectivity index (χ1n) is 6.11. The number of ether oxygens (including phenoxy) is 2. The van der Waals surface area contributed by atoms with Crippen molar-refractivity contribution in [1.29, 1.82) is 0 Å². The van der Waals surface area contributed by atoms with Crippen molar-refractivity contribution >= 4 is 17.9 Å². The smallest absolute Gasteiger partial charge is 0.326 e. The van der Waals surface area contributed by atoms with Crippen LogP contribution < -0.4 is 11.1 Å². The van der Waals surface area contributed by atoms with Crippen molar-refractivity contribution in [3.63, 3.8) is 0 Å². The van der Waals surface area contributed by atoms with Crippen molar-refractivity contribution in [2.75, 3.05) is 33.4 Å². The van der Waals surface area contributed by atoms with Crippen LogP contribution in [-0.2, 0) is 19.1 Å². The standard InChI is InChI=1S/C11H19N3O6/c1-19-7-4-8(10(16)17)14(5-7)11(18)13-2-3-20-6-9(12)15/h7-8H,2-6H2,1H3,(H2,12,15)(H,13,18)(H,16,17). The Kier molecular flexibility index (Phi) is 6.19. The van der Waals surface area contributed by atoms with Crippen LogP contribution in [0.2, 0.25) is 0 Å². The highest BCUT2D eigenvalue weighted by Crippen LogP contribution is 2.20. The third kappa shape index (κ3) is 4.67. The summed E-state index contributed by atoms with van der Waals surface area (Å²) in [5.41, 5.74) is 4.88. The number of carbonyl (C=O) groups excluding carboxylic acids is 2. The molecule has 1 aliphatic heterocycles. The van der Waals surface area contributed by atoms with Gasteiger partial charge in [-0.1, -0.05) is 0 Å². The zero-order valence-electron chi connectivity index (χ0n) is 11.2. The summed E-state index contributed by atoms with van der Waals surface area (Å²) >= 11 is 0. The summed E-state index contributed by atoms with van der Waals surface area (Å²) in [6, 6.07) is -1.40. The Hall–Kier alpha value is -1.87. The van der Waals surface area contributed by atoms with Gasteiger partial charge < -0.3 is 30.5 Å². The van der Waals surface area contributed by atoms with E-state index in [1.165, 1.54) is 12.0 Å². The van der Waals surface area contributed by atoms with Crippen LogP contribution in [0, 0.1) is 0 Å². The Labute approximate surface area is 116 Å². The SMILES string of the molecule is COC1CC(C(=O)O)N(C(=O)NCCOCC(N)=O)C1. The summed E-state index contributed by atoms with van der Waals surface area (Å²) in [6.07, 6.45) is -0.0230. The third-order valence-electron chi connectivity index (χ3n) is 2.91. The van der Waals surface area contributed by atoms with Crippen molar-refractivity contribution in [1.82, 2.24) is 10.2 Å². The maximum Gasteiger partial charge on any atom is 0.326 e. The zero-order chi connectivity index (χ0) is 15.1. The van der Waals surface area contributed by atoms with E-state index in [1.807, 2.05) is 0 Å². The maximum atomic E-state index is 11.9. The Bertz CT molecular complexity index is 375. The molecule has 4 N–H and O–H groups in total. The molecule has 2 unspecified atom stereocenters. The molecule has 0 aromatic rings. The van der Waals surface area contributed by atoms with Crippen LogP contribution >= 0.6 is 0 Å². The summed E-state index contributed by atoms with van der Waals surface area (Å²) in [7, 11) is 1.47. The first-order valence-corrected chi connectivity index (χ1v) is 6.11. The van der Waals surface area contributed by atoms with Gasteiger partial charge in [0.25, 0.3) is 0 Å². The minimum absolute atomic E-state index is 0.119. The number of urea groups is 1. The fourth-order valence-corrected chi connectivity index (χ4v) is 1.93. The third-order valence-corrected chi connectivity index (χ3v) is 2.91. The lowest BCUT2D eigenvalue weighted by molar-refractivity contribution is -0.141. The first kappa shape index (κ1) is 16.2. The fourth-order valence-electron chi connectivity index (χ4n) is 1.93. The lowest BCUT2D eigenvalue weighted by Gasteiger charge is -2.21. The monoisotopic (exact) mass is 289 g/mol. The largest absolute Gasteiger partial charge is 0.480 e. The van der Waals surface area contributed by atoms with Gasteiger partial charge >= 0.3 is 12.0 Å². The predicted molar refractivity (Wildman–Crippen MR) is 67.0 cm³/mol. The van der Waals surface area contributed by atoms with Crippen molar-refractivity contribution in [2.24, 2.45) is 5.73 Å². The summed E-state index contributed by atoms with van der Waals surface area (Å²) in [5, 5.41) is 11.6. The number of nitrogens with zero attached hydrogens (tertiary/aromatic N) is 1. The van der Waals surface area contributed by atoms with E-state index in [0.717, 1.165) is 0 Å². The molecule has 3 amide bonds. The molecule has 1 rings (SSSR count). The Morgan fingerprint density at radius 3 is 2.70 bits per heavy atom. The zero-order valence-corrected chi connectivity index (χ0v) is 11.2. The van der Waals surface area contributed by atoms with Gasteiger partial charge in [0.05, 0.1) is 12.7 Å². The minimum atomic E-state index is -1.07. The predicted octanol–water partition coefficient (Wildman–Crippen LogP) is -1.63. The van der Waals surface area contributed by atoms with Crippen molar-refractivity contribution in [3.8, 4) is 0 Å². The van der Waals surface area contributed by atoms with Gasteiger partial charge in [-0.3, -0.25) is 4.79 Å². The molecule has 114 valence electrons. The number of methoxy groups -OCH3 is 1. The van der Waals surface area contributed by atoms with Crippen molar-refractivity contribution in [3.05, 3.63) is 0 Å². The molecule has 1 fully saturated rings. The lowest BCUT2D eigenvalue weighted by atomic mass is 10.2. The number of nitrogens with one attached hydrogen (secondary N) is 1. The second kappa shape index (κ2) is 7.65. The second-order valence-electron chi connectivity index (χ2n) is 4.35. The number of nitrogens with two attached hydrogens (primary N) is 1. The van der Waals surface area contributed by atoms with Gasteiger partial charge in [0.15, 0.2) is 0 Å². The van der Waals surface area contributed by atoms with Crippen LogP contribution in [-0.4, -0.2) is 73.5 Å². The molecule has 0 bridgehead atoms. The molecule has 9 nitrogen and oxygen atoms in total. The van der Waals surface area contributed by atoms with E-state index in [0.29, 0.717) is 0 Å². The van der Waals surface area contributed by atoms with Gasteiger partial charge in [0, 0.05) is 26.6 Å². The number of amides is 3. The van der Waals surface area contributed by atoms with Gasteiger partial charge in [-0.05, 0) is 0 Å². The van der Waals surface area contributed by atoms with Crippen LogP contribution in [0.15, 0.2) is 0 Å². The summed E-state index contributed by atoms with van der Waals surface area (Å²) in [5.74, 6) is -1.66. The van der Waals surface area contributed by atoms with Crippen LogP contribution in [0.3, 0.4) is 0 Å². The summed E-state index contributed by atoms with van der Waals surface area (Å²) < 4.78 is 9.96. The average molecular weight is 289 g/mol. The van der Waals surface area contributed by atoms with E-state index >= 15 is 0 Å². The highest BCUT2D eigenvalue weighted by atomic mass is 16.5. The molecule has 0 radical (unpaired) electrons. The van der Waals surface area contributed by atoms with Gasteiger partial charge in [-0.15, -0.1) is 0 Å². The van der Waals surface area contributed by atoms with Gasteiger partial charge in [0.1, 0.15) is 12.6 Å². The molecule has 0 spiro atoms. The number of hydrogen-bond acceptors (Lipinski definition) is 5. The summed E-state index contributed by atoms with van der Waals surface area (Å²) in [6.45, 7) is 0.283. The Morgan fingerprint density at radius 2 is 2.15 bits per heavy atom. The molecule has 2 atom stereocenters. The van der Waals surface area contributed by atoms with E-state index in [-0.39, 0.29) is 38.8 Å². The number of rotatable bonds is 7. The highest BCUT2D eigenvalue weighted by Gasteiger charge is 2.39. The number of carbonyl (C=O) groups is 3. The number of carboxylic acids is 1. The fraction of sp³-hybridized carbons (Fsp3) is 0.727. The van der Waals surface area contributed by atoms with E-state index in [2.05, 4.69) is 5.32 Å². The first-order chi connectivity index (χ1) is 9.45. The number of carboxylic acid groups (broad SMARTS) is 1. The molecular weight excluding hydrogens is 270 g/mol. The average Bonchev–Trinajstić information content (AvgIpc) is 2.82. The van der Waals surface area contributed by atoms with E-state index in [1.54, 1.807) is 0 Å². The van der Waals surface area contributed by atoms with Gasteiger partial charge in [0.2, 0.25) is 5.91 Å². The number of aliphatic carboxylic acids is 1. The van der Waals surface area contributed by atoms with Gasteiger partial charge in [-0.2, -0.15) is 0 Å². The van der Waals surface area contributed by atoms with Crippen molar-refractivity contribution < 1.29 is 29.0 Å². The lowest BCUT2D eigenvalue weighted by Crippen LogP contribution is -2.47. The Morgan fingerprint density at radius 1 is 1.45 bits per heavy atom. The normalized spacial score (nSPS) is 21.8. The number of likely N-dealkylation sites (tertiary alicyclic amines) is 1. The summed E-state index contributed by atoms with van der Waals surface area (Å²) in [4.78, 5) is 34.6. The van der Waals surface area contributed by atoms with Crippen LogP contribution in [0.4, 0.5) is 4.79 Å². The molecule has 0 aliphatic carbocycles. The quantitative estimate of drug-likeness (QED) is 0.482. The van der Waals surface area contributed by atoms with Crippen LogP contribution in [0.25, 0.3) is 0 Å². The van der Waals surface area contributed by atoms with E-state index in [9.17, 15) is 14.4 Å². The molecule has 1 heterocycles. The number of hydrogen-bond donors (Lipinski definition) is 3. The minimum Gasteiger partial charge on any atom is -0.480 e. The van der Waals surface area contributed by atoms with Crippen LogP contribution in [0.5, 0.6) is 0 Å². The molecule has 20 heavy (non-hydrogen) atoms. The molecule has 0 aromatic carbocycles. The maximum absolute atomic E-state index is 11.9. The van der Waals surface area contributed by atoms with Crippen LogP contribution in [0.1, 0.15) is 6.42 Å². The molecule has 1 saturated heterocycles. The van der Waals surface area contributed by atoms with Crippen molar-refractivity contribution in [2.45, 2.75) is 18.6 Å². The van der Waals surface area contributed by atoms with E-state index < -0.39 is 23.9 Å². The molecule has 1 aliphatic rings.